The third-order valence-electron chi connectivity index (χ3n) is 7.96. The van der Waals surface area contributed by atoms with E-state index in [2.05, 4.69) is 36.2 Å². The number of hydrogen-bond donors (Lipinski definition) is 1. The molecule has 0 saturated carbocycles. The van der Waals surface area contributed by atoms with Crippen molar-refractivity contribution in [1.82, 2.24) is 5.32 Å². The molecule has 3 aromatic carbocycles. The number of esters is 1. The third kappa shape index (κ3) is 5.71. The lowest BCUT2D eigenvalue weighted by molar-refractivity contribution is -0.140. The number of dihydropyridines is 1. The van der Waals surface area contributed by atoms with E-state index in [0.29, 0.717) is 29.0 Å². The summed E-state index contributed by atoms with van der Waals surface area (Å²) < 4.78 is 5.81. The van der Waals surface area contributed by atoms with Gasteiger partial charge < -0.3 is 15.0 Å². The number of ether oxygens (including phenoxy) is 1. The molecule has 1 N–H and O–H groups in total. The molecule has 0 unspecified atom stereocenters. The first-order valence-electron chi connectivity index (χ1n) is 13.9. The summed E-state index contributed by atoms with van der Waals surface area (Å²) in [5.41, 5.74) is 6.78. The monoisotopic (exact) mass is 554 g/mol. The SMILES string of the molecule is CCN(CC)c1ccc([C@H]2C(C(=O)OCc3ccccc3)=C(C)NC3=C2C(=O)C[C@H](c2ccc(Cl)cc2)C3)cc1. The smallest absolute Gasteiger partial charge is 0.337 e. The summed E-state index contributed by atoms with van der Waals surface area (Å²) >= 11 is 6.11. The molecule has 0 aromatic heterocycles. The van der Waals surface area contributed by atoms with Crippen LogP contribution in [0.1, 0.15) is 62.1 Å². The number of halogens is 1. The second-order valence-corrected chi connectivity index (χ2v) is 10.8. The minimum Gasteiger partial charge on any atom is -0.457 e. The molecule has 0 bridgehead atoms. The van der Waals surface area contributed by atoms with Crippen LogP contribution < -0.4 is 10.2 Å². The van der Waals surface area contributed by atoms with Gasteiger partial charge in [0, 0.05) is 53.1 Å². The molecule has 2 atom stereocenters. The molecule has 5 nitrogen and oxygen atoms in total. The van der Waals surface area contributed by atoms with Gasteiger partial charge in [-0.1, -0.05) is 66.2 Å². The van der Waals surface area contributed by atoms with E-state index in [-0.39, 0.29) is 18.3 Å². The van der Waals surface area contributed by atoms with E-state index in [1.54, 1.807) is 0 Å². The Morgan fingerprint density at radius 3 is 2.23 bits per heavy atom. The van der Waals surface area contributed by atoms with Gasteiger partial charge in [-0.2, -0.15) is 0 Å². The van der Waals surface area contributed by atoms with Crippen LogP contribution in [0, 0.1) is 0 Å². The molecule has 1 aliphatic heterocycles. The Hall–Kier alpha value is -3.83. The Balaban J connectivity index is 1.51. The van der Waals surface area contributed by atoms with Crippen LogP contribution >= 0.6 is 11.6 Å². The average Bonchev–Trinajstić information content (AvgIpc) is 2.97. The molecule has 2 aliphatic rings. The van der Waals surface area contributed by atoms with Gasteiger partial charge in [0.2, 0.25) is 0 Å². The number of Topliss-reactive ketones (excluding diaryl/α,β-unsaturated/α-hetero) is 1. The van der Waals surface area contributed by atoms with Crippen molar-refractivity contribution in [2.24, 2.45) is 0 Å². The maximum absolute atomic E-state index is 13.9. The molecular weight excluding hydrogens is 520 g/mol. The first-order chi connectivity index (χ1) is 19.4. The number of carbonyl (C=O) groups excluding carboxylic acids is 2. The van der Waals surface area contributed by atoms with Gasteiger partial charge >= 0.3 is 5.97 Å². The van der Waals surface area contributed by atoms with E-state index in [9.17, 15) is 9.59 Å². The van der Waals surface area contributed by atoms with Gasteiger partial charge in [0.1, 0.15) is 6.61 Å². The number of nitrogens with one attached hydrogen (secondary N) is 1. The first-order valence-corrected chi connectivity index (χ1v) is 14.3. The molecular formula is C34H35ClN2O3. The van der Waals surface area contributed by atoms with Crippen molar-refractivity contribution >= 4 is 29.0 Å². The fourth-order valence-corrected chi connectivity index (χ4v) is 6.01. The van der Waals surface area contributed by atoms with E-state index in [1.165, 1.54) is 0 Å². The quantitative estimate of drug-likeness (QED) is 0.296. The largest absolute Gasteiger partial charge is 0.457 e. The van der Waals surface area contributed by atoms with E-state index >= 15 is 0 Å². The molecule has 0 amide bonds. The molecule has 206 valence electrons. The lowest BCUT2D eigenvalue weighted by Crippen LogP contribution is -2.36. The van der Waals surface area contributed by atoms with Crippen LogP contribution in [0.3, 0.4) is 0 Å². The number of carbonyl (C=O) groups is 2. The summed E-state index contributed by atoms with van der Waals surface area (Å²) in [5.74, 6) is -0.816. The van der Waals surface area contributed by atoms with E-state index < -0.39 is 11.9 Å². The zero-order chi connectivity index (χ0) is 28.2. The number of benzene rings is 3. The topological polar surface area (TPSA) is 58.6 Å². The van der Waals surface area contributed by atoms with Crippen molar-refractivity contribution in [1.29, 1.82) is 0 Å². The van der Waals surface area contributed by atoms with Gasteiger partial charge in [0.15, 0.2) is 5.78 Å². The van der Waals surface area contributed by atoms with Crippen LogP contribution in [0.5, 0.6) is 0 Å². The first kappa shape index (κ1) is 27.7. The Morgan fingerprint density at radius 1 is 0.925 bits per heavy atom. The van der Waals surface area contributed by atoms with Gasteiger partial charge in [0.25, 0.3) is 0 Å². The molecule has 0 saturated heterocycles. The van der Waals surface area contributed by atoms with Crippen LogP contribution in [0.2, 0.25) is 5.02 Å². The molecule has 6 heteroatoms. The van der Waals surface area contributed by atoms with Crippen molar-refractivity contribution in [2.45, 2.75) is 52.1 Å². The van der Waals surface area contributed by atoms with Crippen molar-refractivity contribution < 1.29 is 14.3 Å². The Labute approximate surface area is 241 Å². The van der Waals surface area contributed by atoms with Crippen molar-refractivity contribution in [3.8, 4) is 0 Å². The highest BCUT2D eigenvalue weighted by Gasteiger charge is 2.41. The maximum Gasteiger partial charge on any atom is 0.337 e. The molecule has 5 rings (SSSR count). The van der Waals surface area contributed by atoms with Gasteiger partial charge in [-0.05, 0) is 74.1 Å². The number of anilines is 1. The fourth-order valence-electron chi connectivity index (χ4n) is 5.88. The number of ketones is 1. The fraction of sp³-hybridized carbons (Fsp3) is 0.294. The lowest BCUT2D eigenvalue weighted by Gasteiger charge is -2.37. The number of hydrogen-bond acceptors (Lipinski definition) is 5. The normalized spacial score (nSPS) is 18.8. The highest BCUT2D eigenvalue weighted by Crippen LogP contribution is 2.46. The molecule has 40 heavy (non-hydrogen) atoms. The predicted molar refractivity (Wildman–Crippen MR) is 160 cm³/mol. The van der Waals surface area contributed by atoms with E-state index in [4.69, 9.17) is 16.3 Å². The second kappa shape index (κ2) is 12.1. The van der Waals surface area contributed by atoms with Gasteiger partial charge in [-0.25, -0.2) is 4.79 Å². The van der Waals surface area contributed by atoms with Crippen molar-refractivity contribution in [3.05, 3.63) is 123 Å². The van der Waals surface area contributed by atoms with Crippen LogP contribution in [0.25, 0.3) is 0 Å². The maximum atomic E-state index is 13.9. The van der Waals surface area contributed by atoms with Crippen LogP contribution in [-0.4, -0.2) is 24.8 Å². The number of allylic oxidation sites excluding steroid dienone is 3. The van der Waals surface area contributed by atoms with E-state index in [1.807, 2.05) is 73.7 Å². The summed E-state index contributed by atoms with van der Waals surface area (Å²) in [6.45, 7) is 8.13. The molecule has 0 radical (unpaired) electrons. The van der Waals surface area contributed by atoms with Gasteiger partial charge in [-0.3, -0.25) is 4.79 Å². The van der Waals surface area contributed by atoms with Crippen molar-refractivity contribution in [3.63, 3.8) is 0 Å². The van der Waals surface area contributed by atoms with Crippen LogP contribution in [-0.2, 0) is 20.9 Å². The lowest BCUT2D eigenvalue weighted by atomic mass is 9.71. The summed E-state index contributed by atoms with van der Waals surface area (Å²) in [4.78, 5) is 29.8. The summed E-state index contributed by atoms with van der Waals surface area (Å²) in [6, 6.07) is 25.6. The highest BCUT2D eigenvalue weighted by molar-refractivity contribution is 6.30. The second-order valence-electron chi connectivity index (χ2n) is 10.4. The summed E-state index contributed by atoms with van der Waals surface area (Å²) in [7, 11) is 0. The molecule has 1 heterocycles. The average molecular weight is 555 g/mol. The Kier molecular flexibility index (Phi) is 8.41. The Morgan fingerprint density at radius 2 is 1.57 bits per heavy atom. The number of nitrogens with zero attached hydrogens (tertiary/aromatic N) is 1. The summed E-state index contributed by atoms with van der Waals surface area (Å²) in [6.07, 6.45) is 1.06. The standard InChI is InChI=1S/C34H35ClN2O3/c1-4-37(5-2)28-17-13-25(14-18-28)32-31(34(39)40-21-23-9-7-6-8-10-23)22(3)36-29-19-26(20-30(38)33(29)32)24-11-15-27(35)16-12-24/h6-18,26,32,36H,4-5,19-21H2,1-3H3/t26-,32+/m1/s1. The molecule has 1 aliphatic carbocycles. The predicted octanol–water partition coefficient (Wildman–Crippen LogP) is 7.29. The zero-order valence-corrected chi connectivity index (χ0v) is 24.0. The minimum atomic E-state index is -0.496. The molecule has 0 spiro atoms. The molecule has 0 fully saturated rings. The summed E-state index contributed by atoms with van der Waals surface area (Å²) in [5, 5.41) is 4.11. The van der Waals surface area contributed by atoms with E-state index in [0.717, 1.165) is 46.9 Å². The van der Waals surface area contributed by atoms with Gasteiger partial charge in [0.05, 0.1) is 5.57 Å². The minimum absolute atomic E-state index is 0.0427. The van der Waals surface area contributed by atoms with Crippen LogP contribution in [0.4, 0.5) is 5.69 Å². The van der Waals surface area contributed by atoms with Gasteiger partial charge in [-0.15, -0.1) is 0 Å². The third-order valence-corrected chi connectivity index (χ3v) is 8.21. The number of rotatable bonds is 8. The van der Waals surface area contributed by atoms with Crippen molar-refractivity contribution in [2.75, 3.05) is 18.0 Å². The zero-order valence-electron chi connectivity index (χ0n) is 23.2. The highest BCUT2D eigenvalue weighted by atomic mass is 35.5. The molecule has 3 aromatic rings. The van der Waals surface area contributed by atoms with Crippen LogP contribution in [0.15, 0.2) is 101 Å². The Bertz CT molecular complexity index is 1440.